The van der Waals surface area contributed by atoms with Crippen molar-refractivity contribution in [3.63, 3.8) is 0 Å². The molecule has 0 aromatic rings. The Morgan fingerprint density at radius 1 is 1.17 bits per heavy atom. The van der Waals surface area contributed by atoms with E-state index in [1.165, 1.54) is 52.0 Å². The molecule has 106 valence electrons. The Labute approximate surface area is 112 Å². The maximum atomic E-state index is 5.04. The van der Waals surface area contributed by atoms with Gasteiger partial charge in [-0.05, 0) is 32.4 Å². The molecule has 0 radical (unpaired) electrons. The Morgan fingerprint density at radius 3 is 3.00 bits per heavy atom. The van der Waals surface area contributed by atoms with Crippen LogP contribution in [-0.4, -0.2) is 75.4 Å². The van der Waals surface area contributed by atoms with Crippen LogP contribution in [0.2, 0.25) is 0 Å². The van der Waals surface area contributed by atoms with Gasteiger partial charge in [-0.1, -0.05) is 6.42 Å². The fourth-order valence-electron chi connectivity index (χ4n) is 3.13. The van der Waals surface area contributed by atoms with Gasteiger partial charge in [-0.2, -0.15) is 0 Å². The maximum Gasteiger partial charge on any atom is 0.0474 e. The molecule has 2 aliphatic heterocycles. The first-order valence-electron chi connectivity index (χ1n) is 7.56. The topological polar surface area (TPSA) is 27.7 Å². The molecule has 0 aromatic heterocycles. The van der Waals surface area contributed by atoms with Crippen LogP contribution in [0.15, 0.2) is 0 Å². The van der Waals surface area contributed by atoms with Crippen LogP contribution in [0.1, 0.15) is 25.7 Å². The normalized spacial score (nSPS) is 26.2. The van der Waals surface area contributed by atoms with Gasteiger partial charge >= 0.3 is 0 Å². The highest BCUT2D eigenvalue weighted by atomic mass is 16.5. The fourth-order valence-corrected chi connectivity index (χ4v) is 3.13. The number of rotatable bonds is 7. The van der Waals surface area contributed by atoms with Gasteiger partial charge in [0, 0.05) is 52.5 Å². The minimum atomic E-state index is 0.848. The average molecular weight is 255 g/mol. The molecule has 0 aliphatic carbocycles. The minimum Gasteiger partial charge on any atom is -0.385 e. The van der Waals surface area contributed by atoms with Crippen LogP contribution >= 0.6 is 0 Å². The van der Waals surface area contributed by atoms with Crippen LogP contribution in [0.5, 0.6) is 0 Å². The molecule has 2 heterocycles. The van der Waals surface area contributed by atoms with Crippen molar-refractivity contribution in [3.05, 3.63) is 0 Å². The lowest BCUT2D eigenvalue weighted by molar-refractivity contribution is 0.0499. The molecule has 0 aromatic carbocycles. The fraction of sp³-hybridized carbons (Fsp3) is 1.00. The predicted molar refractivity (Wildman–Crippen MR) is 75.0 cm³/mol. The van der Waals surface area contributed by atoms with Crippen LogP contribution in [0.4, 0.5) is 0 Å². The zero-order valence-electron chi connectivity index (χ0n) is 11.9. The minimum absolute atomic E-state index is 0.848. The van der Waals surface area contributed by atoms with E-state index in [1.54, 1.807) is 7.11 Å². The van der Waals surface area contributed by atoms with Crippen LogP contribution in [0.3, 0.4) is 0 Å². The summed E-state index contributed by atoms with van der Waals surface area (Å²) in [5.41, 5.74) is 0. The smallest absolute Gasteiger partial charge is 0.0474 e. The molecule has 4 nitrogen and oxygen atoms in total. The quantitative estimate of drug-likeness (QED) is 0.681. The number of methoxy groups -OCH3 is 1. The van der Waals surface area contributed by atoms with Crippen molar-refractivity contribution in [2.24, 2.45) is 0 Å². The predicted octanol–water partition coefficient (Wildman–Crippen LogP) is 0.783. The molecule has 2 rings (SSSR count). The molecule has 2 aliphatic rings. The van der Waals surface area contributed by atoms with Crippen molar-refractivity contribution in [2.45, 2.75) is 31.7 Å². The molecular formula is C14H29N3O. The van der Waals surface area contributed by atoms with Crippen LogP contribution in [0, 0.1) is 0 Å². The third-order valence-electron chi connectivity index (χ3n) is 4.23. The SMILES string of the molecule is COCCCNCCN1CCN2CCCCC2C1. The van der Waals surface area contributed by atoms with E-state index in [-0.39, 0.29) is 0 Å². The summed E-state index contributed by atoms with van der Waals surface area (Å²) in [4.78, 5) is 5.34. The lowest BCUT2D eigenvalue weighted by Gasteiger charge is -2.44. The van der Waals surface area contributed by atoms with Gasteiger partial charge in [-0.25, -0.2) is 0 Å². The molecular weight excluding hydrogens is 226 g/mol. The van der Waals surface area contributed by atoms with Gasteiger partial charge < -0.3 is 10.1 Å². The summed E-state index contributed by atoms with van der Waals surface area (Å²) in [7, 11) is 1.77. The Hall–Kier alpha value is -0.160. The molecule has 0 amide bonds. The number of hydrogen-bond acceptors (Lipinski definition) is 4. The number of fused-ring (bicyclic) bond motifs is 1. The number of hydrogen-bond donors (Lipinski definition) is 1. The Morgan fingerprint density at radius 2 is 2.11 bits per heavy atom. The molecule has 1 unspecified atom stereocenters. The molecule has 2 fully saturated rings. The van der Waals surface area contributed by atoms with Gasteiger partial charge in [-0.3, -0.25) is 9.80 Å². The van der Waals surface area contributed by atoms with Crippen molar-refractivity contribution in [1.82, 2.24) is 15.1 Å². The molecule has 4 heteroatoms. The number of piperazine rings is 1. The standard InChI is InChI=1S/C14H29N3O/c1-18-12-4-6-15-7-9-16-10-11-17-8-3-2-5-14(17)13-16/h14-15H,2-13H2,1H3. The van der Waals surface area contributed by atoms with E-state index >= 15 is 0 Å². The summed E-state index contributed by atoms with van der Waals surface area (Å²) in [6.45, 7) is 9.46. The molecule has 18 heavy (non-hydrogen) atoms. The zero-order chi connectivity index (χ0) is 12.6. The van der Waals surface area contributed by atoms with Gasteiger partial charge in [0.15, 0.2) is 0 Å². The summed E-state index contributed by atoms with van der Waals surface area (Å²) in [5, 5.41) is 3.50. The van der Waals surface area contributed by atoms with Crippen molar-refractivity contribution < 1.29 is 4.74 Å². The Balaban J connectivity index is 1.54. The van der Waals surface area contributed by atoms with E-state index in [4.69, 9.17) is 4.74 Å². The van der Waals surface area contributed by atoms with Gasteiger partial charge in [0.25, 0.3) is 0 Å². The van der Waals surface area contributed by atoms with E-state index < -0.39 is 0 Å². The van der Waals surface area contributed by atoms with Crippen LogP contribution in [-0.2, 0) is 4.74 Å². The van der Waals surface area contributed by atoms with Gasteiger partial charge in [0.05, 0.1) is 0 Å². The second kappa shape index (κ2) is 8.10. The van der Waals surface area contributed by atoms with Crippen molar-refractivity contribution in [2.75, 3.05) is 59.5 Å². The number of nitrogens with one attached hydrogen (secondary N) is 1. The number of nitrogens with zero attached hydrogens (tertiary/aromatic N) is 2. The van der Waals surface area contributed by atoms with Crippen LogP contribution in [0.25, 0.3) is 0 Å². The Bertz CT molecular complexity index is 225. The van der Waals surface area contributed by atoms with Gasteiger partial charge in [0.1, 0.15) is 0 Å². The monoisotopic (exact) mass is 255 g/mol. The third-order valence-corrected chi connectivity index (χ3v) is 4.23. The highest BCUT2D eigenvalue weighted by molar-refractivity contribution is 4.85. The van der Waals surface area contributed by atoms with E-state index in [9.17, 15) is 0 Å². The lowest BCUT2D eigenvalue weighted by atomic mass is 9.99. The first-order valence-corrected chi connectivity index (χ1v) is 7.56. The second-order valence-electron chi connectivity index (χ2n) is 5.58. The molecule has 2 saturated heterocycles. The summed E-state index contributed by atoms with van der Waals surface area (Å²) in [5.74, 6) is 0. The molecule has 0 spiro atoms. The summed E-state index contributed by atoms with van der Waals surface area (Å²) in [6.07, 6.45) is 5.38. The summed E-state index contributed by atoms with van der Waals surface area (Å²) < 4.78 is 5.04. The van der Waals surface area contributed by atoms with E-state index in [0.717, 1.165) is 32.2 Å². The second-order valence-corrected chi connectivity index (χ2v) is 5.58. The summed E-state index contributed by atoms with van der Waals surface area (Å²) in [6, 6.07) is 0.848. The van der Waals surface area contributed by atoms with Gasteiger partial charge in [-0.15, -0.1) is 0 Å². The maximum absolute atomic E-state index is 5.04. The number of piperidine rings is 1. The third kappa shape index (κ3) is 4.50. The van der Waals surface area contributed by atoms with Crippen molar-refractivity contribution in [1.29, 1.82) is 0 Å². The van der Waals surface area contributed by atoms with Crippen LogP contribution < -0.4 is 5.32 Å². The van der Waals surface area contributed by atoms with E-state index in [2.05, 4.69) is 15.1 Å². The van der Waals surface area contributed by atoms with E-state index in [0.29, 0.717) is 0 Å². The lowest BCUT2D eigenvalue weighted by Crippen LogP contribution is -2.55. The molecule has 1 atom stereocenters. The largest absolute Gasteiger partial charge is 0.385 e. The molecule has 1 N–H and O–H groups in total. The van der Waals surface area contributed by atoms with E-state index in [1.807, 2.05) is 0 Å². The molecule has 0 bridgehead atoms. The highest BCUT2D eigenvalue weighted by Crippen LogP contribution is 2.20. The highest BCUT2D eigenvalue weighted by Gasteiger charge is 2.28. The summed E-state index contributed by atoms with van der Waals surface area (Å²) >= 11 is 0. The molecule has 0 saturated carbocycles. The van der Waals surface area contributed by atoms with Crippen molar-refractivity contribution in [3.8, 4) is 0 Å². The Kier molecular flexibility index (Phi) is 6.41. The first kappa shape index (κ1) is 14.3. The number of ether oxygens (including phenoxy) is 1. The van der Waals surface area contributed by atoms with Gasteiger partial charge in [0.2, 0.25) is 0 Å². The van der Waals surface area contributed by atoms with Crippen molar-refractivity contribution >= 4 is 0 Å². The zero-order valence-corrected chi connectivity index (χ0v) is 11.9. The first-order chi connectivity index (χ1) is 8.90. The average Bonchev–Trinajstić information content (AvgIpc) is 2.42.